The van der Waals surface area contributed by atoms with Gasteiger partial charge in [-0.2, -0.15) is 0 Å². The van der Waals surface area contributed by atoms with E-state index in [4.69, 9.17) is 0 Å². The van der Waals surface area contributed by atoms with Gasteiger partial charge in [0.1, 0.15) is 0 Å². The van der Waals surface area contributed by atoms with Gasteiger partial charge in [0.2, 0.25) is 0 Å². The lowest BCUT2D eigenvalue weighted by molar-refractivity contribution is -0.112. The van der Waals surface area contributed by atoms with Crippen molar-refractivity contribution < 1.29 is 4.79 Å². The van der Waals surface area contributed by atoms with Crippen LogP contribution in [0.15, 0.2) is 41.0 Å². The van der Waals surface area contributed by atoms with Crippen LogP contribution in [0.1, 0.15) is 36.5 Å². The molecule has 0 amide bonds. The molecule has 0 radical (unpaired) electrons. The number of rotatable bonds is 3. The Labute approximate surface area is 155 Å². The molecule has 2 aliphatic heterocycles. The second-order valence-electron chi connectivity index (χ2n) is 7.81. The molecule has 0 spiro atoms. The number of Topliss-reactive ketones (excluding diaryl/α,β-unsaturated/α-hetero) is 1. The second kappa shape index (κ2) is 7.29. The minimum Gasteiger partial charge on any atom is -0.305 e. The Morgan fingerprint density at radius 1 is 1.15 bits per heavy atom. The first-order valence-electron chi connectivity index (χ1n) is 9.59. The van der Waals surface area contributed by atoms with Gasteiger partial charge < -0.3 is 4.90 Å². The Bertz CT molecular complexity index is 819. The third-order valence-corrected chi connectivity index (χ3v) is 5.59. The van der Waals surface area contributed by atoms with E-state index in [0.717, 1.165) is 43.9 Å². The lowest BCUT2D eigenvalue weighted by atomic mass is 9.98. The minimum absolute atomic E-state index is 0.232. The monoisotopic (exact) mass is 349 g/mol. The topological polar surface area (TPSA) is 35.9 Å². The largest absolute Gasteiger partial charge is 0.305 e. The number of allylic oxidation sites excluding steroid dienone is 3. The molecule has 2 heterocycles. The van der Waals surface area contributed by atoms with E-state index >= 15 is 0 Å². The molecule has 136 valence electrons. The summed E-state index contributed by atoms with van der Waals surface area (Å²) in [6, 6.07) is 6.40. The lowest BCUT2D eigenvalue weighted by Gasteiger charge is -2.22. The quantitative estimate of drug-likeness (QED) is 0.787. The van der Waals surface area contributed by atoms with Crippen molar-refractivity contribution in [1.82, 2.24) is 9.80 Å². The number of benzene rings is 1. The first-order chi connectivity index (χ1) is 12.6. The van der Waals surface area contributed by atoms with Crippen LogP contribution >= 0.6 is 0 Å². The second-order valence-corrected chi connectivity index (χ2v) is 7.81. The van der Waals surface area contributed by atoms with E-state index in [1.54, 1.807) is 0 Å². The van der Waals surface area contributed by atoms with Crippen molar-refractivity contribution in [3.63, 3.8) is 0 Å². The highest BCUT2D eigenvalue weighted by Gasteiger charge is 2.28. The molecule has 0 unspecified atom stereocenters. The predicted octanol–water partition coefficient (Wildman–Crippen LogP) is 3.08. The molecule has 1 aliphatic carbocycles. The molecule has 1 fully saturated rings. The lowest BCUT2D eigenvalue weighted by Crippen LogP contribution is -2.28. The highest BCUT2D eigenvalue weighted by molar-refractivity contribution is 6.29. The van der Waals surface area contributed by atoms with Gasteiger partial charge in [0.05, 0.1) is 0 Å². The number of carbonyl (C=O) groups is 1. The van der Waals surface area contributed by atoms with Gasteiger partial charge in [0, 0.05) is 50.0 Å². The highest BCUT2D eigenvalue weighted by atomic mass is 16.1. The van der Waals surface area contributed by atoms with E-state index in [-0.39, 0.29) is 5.78 Å². The fraction of sp³-hybridized carbons (Fsp3) is 0.455. The molecular weight excluding hydrogens is 322 g/mol. The number of hydrogen-bond acceptors (Lipinski definition) is 4. The van der Waals surface area contributed by atoms with Crippen molar-refractivity contribution in [2.75, 3.05) is 33.2 Å². The zero-order valence-electron chi connectivity index (χ0n) is 15.8. The maximum atomic E-state index is 12.7. The number of hydrogen-bond donors (Lipinski definition) is 0. The van der Waals surface area contributed by atoms with Crippen LogP contribution in [0.25, 0.3) is 5.57 Å². The summed E-state index contributed by atoms with van der Waals surface area (Å²) in [6.45, 7) is 7.49. The van der Waals surface area contributed by atoms with E-state index in [2.05, 4.69) is 47.0 Å². The third-order valence-electron chi connectivity index (χ3n) is 5.59. The van der Waals surface area contributed by atoms with Gasteiger partial charge in [-0.15, -0.1) is 0 Å². The fourth-order valence-corrected chi connectivity index (χ4v) is 4.16. The summed E-state index contributed by atoms with van der Waals surface area (Å²) in [4.78, 5) is 22.1. The zero-order chi connectivity index (χ0) is 18.1. The molecule has 1 saturated heterocycles. The number of fused-ring (bicyclic) bond motifs is 1. The first kappa shape index (κ1) is 17.4. The molecule has 0 atom stereocenters. The molecule has 0 N–H and O–H groups in total. The summed E-state index contributed by atoms with van der Waals surface area (Å²) >= 11 is 0. The third kappa shape index (κ3) is 3.57. The molecule has 4 nitrogen and oxygen atoms in total. The van der Waals surface area contributed by atoms with Crippen molar-refractivity contribution in [2.24, 2.45) is 4.99 Å². The van der Waals surface area contributed by atoms with Crippen molar-refractivity contribution >= 4 is 17.1 Å². The average Bonchev–Trinajstić information content (AvgIpc) is 3.09. The molecule has 0 saturated carbocycles. The van der Waals surface area contributed by atoms with Gasteiger partial charge in [0.25, 0.3) is 0 Å². The SMILES string of the molecule is CC1=CN=C(/C=C2\C(=O)Cc3cccc(CN4CCCN(C)CC4)c32)C1. The number of carbonyl (C=O) groups excluding carboxylic acids is 1. The summed E-state index contributed by atoms with van der Waals surface area (Å²) < 4.78 is 0. The van der Waals surface area contributed by atoms with Crippen LogP contribution in [0.2, 0.25) is 0 Å². The maximum absolute atomic E-state index is 12.7. The van der Waals surface area contributed by atoms with Crippen LogP contribution in [-0.2, 0) is 17.8 Å². The van der Waals surface area contributed by atoms with Crippen molar-refractivity contribution in [2.45, 2.75) is 32.7 Å². The molecule has 0 bridgehead atoms. The van der Waals surface area contributed by atoms with Crippen LogP contribution in [0, 0.1) is 0 Å². The molecule has 0 aromatic heterocycles. The average molecular weight is 349 g/mol. The number of ketones is 1. The van der Waals surface area contributed by atoms with Gasteiger partial charge in [-0.05, 0) is 61.8 Å². The molecule has 4 rings (SSSR count). The molecule has 26 heavy (non-hydrogen) atoms. The number of aliphatic imine (C=N–C) groups is 1. The van der Waals surface area contributed by atoms with E-state index in [0.29, 0.717) is 6.42 Å². The Morgan fingerprint density at radius 2 is 2.04 bits per heavy atom. The standard InChI is InChI=1S/C22H27N3O/c1-16-11-19(23-14-16)13-20-21(26)12-17-5-3-6-18(22(17)20)15-25-8-4-7-24(2)9-10-25/h3,5-6,13-14H,4,7-12,15H2,1-2H3/b20-13+. The van der Waals surface area contributed by atoms with Crippen LogP contribution < -0.4 is 0 Å². The Hall–Kier alpha value is -2.04. The summed E-state index contributed by atoms with van der Waals surface area (Å²) in [5, 5.41) is 0. The summed E-state index contributed by atoms with van der Waals surface area (Å²) in [5.74, 6) is 0.232. The molecule has 4 heteroatoms. The van der Waals surface area contributed by atoms with E-state index in [1.807, 2.05) is 12.3 Å². The van der Waals surface area contributed by atoms with Crippen LogP contribution in [0.4, 0.5) is 0 Å². The first-order valence-corrected chi connectivity index (χ1v) is 9.59. The fourth-order valence-electron chi connectivity index (χ4n) is 4.16. The van der Waals surface area contributed by atoms with Gasteiger partial charge in [-0.1, -0.05) is 18.2 Å². The predicted molar refractivity (Wildman–Crippen MR) is 106 cm³/mol. The van der Waals surface area contributed by atoms with Gasteiger partial charge in [-0.3, -0.25) is 14.7 Å². The van der Waals surface area contributed by atoms with Crippen LogP contribution in [0.3, 0.4) is 0 Å². The molecule has 1 aromatic carbocycles. The Balaban J connectivity index is 1.62. The van der Waals surface area contributed by atoms with E-state index in [9.17, 15) is 4.79 Å². The van der Waals surface area contributed by atoms with Crippen molar-refractivity contribution in [3.8, 4) is 0 Å². The van der Waals surface area contributed by atoms with E-state index < -0.39 is 0 Å². The number of likely N-dealkylation sites (N-methyl/N-ethyl adjacent to an activating group) is 1. The van der Waals surface area contributed by atoms with Gasteiger partial charge in [0.15, 0.2) is 5.78 Å². The number of nitrogens with zero attached hydrogens (tertiary/aromatic N) is 3. The summed E-state index contributed by atoms with van der Waals surface area (Å²) in [5.41, 5.74) is 6.75. The minimum atomic E-state index is 0.232. The molecule has 3 aliphatic rings. The highest BCUT2D eigenvalue weighted by Crippen LogP contribution is 2.34. The summed E-state index contributed by atoms with van der Waals surface area (Å²) in [6.07, 6.45) is 6.52. The van der Waals surface area contributed by atoms with E-state index in [1.165, 1.54) is 35.2 Å². The van der Waals surface area contributed by atoms with Crippen LogP contribution in [-0.4, -0.2) is 54.5 Å². The van der Waals surface area contributed by atoms with Crippen LogP contribution in [0.5, 0.6) is 0 Å². The van der Waals surface area contributed by atoms with Crippen molar-refractivity contribution in [1.29, 1.82) is 0 Å². The van der Waals surface area contributed by atoms with Crippen molar-refractivity contribution in [3.05, 3.63) is 52.7 Å². The Morgan fingerprint density at radius 3 is 2.85 bits per heavy atom. The smallest absolute Gasteiger partial charge is 0.167 e. The van der Waals surface area contributed by atoms with Gasteiger partial charge >= 0.3 is 0 Å². The summed E-state index contributed by atoms with van der Waals surface area (Å²) in [7, 11) is 2.20. The zero-order valence-corrected chi connectivity index (χ0v) is 15.8. The van der Waals surface area contributed by atoms with Gasteiger partial charge in [-0.25, -0.2) is 0 Å². The molecular formula is C22H27N3O. The maximum Gasteiger partial charge on any atom is 0.167 e. The normalized spacial score (nSPS) is 23.2. The molecule has 1 aromatic rings. The Kier molecular flexibility index (Phi) is 4.88.